The maximum atomic E-state index is 14.2. The number of aryl methyl sites for hydroxylation is 1. The maximum Gasteiger partial charge on any atom is 0.408 e. The first-order valence-electron chi connectivity index (χ1n) is 13.7. The van der Waals surface area contributed by atoms with Crippen LogP contribution in [0.4, 0.5) is 10.5 Å². The van der Waals surface area contributed by atoms with Gasteiger partial charge in [-0.2, -0.15) is 0 Å². The van der Waals surface area contributed by atoms with Gasteiger partial charge in [0.15, 0.2) is 0 Å². The lowest BCUT2D eigenvalue weighted by Gasteiger charge is -2.36. The number of phenolic OH excluding ortho intramolecular Hbond substituents is 1. The van der Waals surface area contributed by atoms with Crippen molar-refractivity contribution in [3.63, 3.8) is 0 Å². The molecule has 0 bridgehead atoms. The Hall–Kier alpha value is -4.07. The predicted molar refractivity (Wildman–Crippen MR) is 156 cm³/mol. The minimum Gasteiger partial charge on any atom is -0.508 e. The average molecular weight is 546 g/mol. The summed E-state index contributed by atoms with van der Waals surface area (Å²) in [6, 6.07) is 16.4. The maximum absolute atomic E-state index is 14.2. The second-order valence-electron chi connectivity index (χ2n) is 11.8. The van der Waals surface area contributed by atoms with E-state index < -0.39 is 23.8 Å². The lowest BCUT2D eigenvalue weighted by molar-refractivity contribution is -0.142. The number of benzene rings is 3. The SMILES string of the molecule is Cc1cc(C(C(=O)Nc2ccc3ccccc3c2)N(C(=O)C(NC(=O)OC(C)(C)C)C(C)C)C2CC2)ccc1O. The monoisotopic (exact) mass is 545 g/mol. The van der Waals surface area contributed by atoms with E-state index in [0.29, 0.717) is 16.8 Å². The van der Waals surface area contributed by atoms with Gasteiger partial charge in [0.25, 0.3) is 5.91 Å². The molecule has 212 valence electrons. The molecule has 1 fully saturated rings. The summed E-state index contributed by atoms with van der Waals surface area (Å²) >= 11 is 0. The number of anilines is 1. The fraction of sp³-hybridized carbons (Fsp3) is 0.406. The first kappa shape index (κ1) is 28.9. The summed E-state index contributed by atoms with van der Waals surface area (Å²) in [6.45, 7) is 10.7. The van der Waals surface area contributed by atoms with Gasteiger partial charge in [-0.15, -0.1) is 0 Å². The van der Waals surface area contributed by atoms with Gasteiger partial charge < -0.3 is 25.4 Å². The van der Waals surface area contributed by atoms with Crippen LogP contribution in [-0.4, -0.2) is 45.6 Å². The molecule has 2 unspecified atom stereocenters. The number of hydrogen-bond donors (Lipinski definition) is 3. The molecule has 40 heavy (non-hydrogen) atoms. The van der Waals surface area contributed by atoms with Crippen LogP contribution in [0.2, 0.25) is 0 Å². The van der Waals surface area contributed by atoms with E-state index in [9.17, 15) is 19.5 Å². The number of nitrogens with one attached hydrogen (secondary N) is 2. The van der Waals surface area contributed by atoms with Crippen LogP contribution in [0.3, 0.4) is 0 Å². The number of rotatable bonds is 8. The molecule has 0 aliphatic heterocycles. The van der Waals surface area contributed by atoms with Gasteiger partial charge in [-0.1, -0.05) is 50.2 Å². The van der Waals surface area contributed by atoms with Crippen molar-refractivity contribution in [1.29, 1.82) is 0 Å². The Morgan fingerprint density at radius 2 is 1.65 bits per heavy atom. The molecule has 3 amide bonds. The van der Waals surface area contributed by atoms with Crippen molar-refractivity contribution in [1.82, 2.24) is 10.2 Å². The number of nitrogens with zero attached hydrogens (tertiary/aromatic N) is 1. The third-order valence-electron chi connectivity index (χ3n) is 6.88. The van der Waals surface area contributed by atoms with Gasteiger partial charge in [-0.3, -0.25) is 9.59 Å². The van der Waals surface area contributed by atoms with E-state index in [4.69, 9.17) is 4.74 Å². The lowest BCUT2D eigenvalue weighted by Crippen LogP contribution is -2.55. The van der Waals surface area contributed by atoms with E-state index >= 15 is 0 Å². The average Bonchev–Trinajstić information content (AvgIpc) is 3.71. The zero-order chi connectivity index (χ0) is 29.2. The van der Waals surface area contributed by atoms with Crippen LogP contribution < -0.4 is 10.6 Å². The van der Waals surface area contributed by atoms with Crippen LogP contribution in [0.1, 0.15) is 64.6 Å². The van der Waals surface area contributed by atoms with Gasteiger partial charge in [0.2, 0.25) is 5.91 Å². The molecular weight excluding hydrogens is 506 g/mol. The fourth-order valence-electron chi connectivity index (χ4n) is 4.74. The molecule has 0 aromatic heterocycles. The second kappa shape index (κ2) is 11.6. The summed E-state index contributed by atoms with van der Waals surface area (Å²) in [7, 11) is 0. The largest absolute Gasteiger partial charge is 0.508 e. The molecule has 8 heteroatoms. The van der Waals surface area contributed by atoms with Gasteiger partial charge in [-0.25, -0.2) is 4.79 Å². The molecular formula is C32H39N3O5. The molecule has 4 rings (SSSR count). The molecule has 0 radical (unpaired) electrons. The molecule has 1 saturated carbocycles. The van der Waals surface area contributed by atoms with E-state index in [-0.39, 0.29) is 29.5 Å². The van der Waals surface area contributed by atoms with Crippen LogP contribution >= 0.6 is 0 Å². The van der Waals surface area contributed by atoms with Crippen LogP contribution in [-0.2, 0) is 14.3 Å². The van der Waals surface area contributed by atoms with Crippen LogP contribution in [0, 0.1) is 12.8 Å². The highest BCUT2D eigenvalue weighted by molar-refractivity contribution is 6.00. The number of aromatic hydroxyl groups is 1. The fourth-order valence-corrected chi connectivity index (χ4v) is 4.74. The highest BCUT2D eigenvalue weighted by atomic mass is 16.6. The van der Waals surface area contributed by atoms with Crippen LogP contribution in [0.25, 0.3) is 10.8 Å². The van der Waals surface area contributed by atoms with Crippen molar-refractivity contribution in [2.75, 3.05) is 5.32 Å². The number of phenols is 1. The van der Waals surface area contributed by atoms with Crippen molar-refractivity contribution < 1.29 is 24.2 Å². The predicted octanol–water partition coefficient (Wildman–Crippen LogP) is 6.07. The molecule has 0 saturated heterocycles. The van der Waals surface area contributed by atoms with Gasteiger partial charge in [0.05, 0.1) is 0 Å². The summed E-state index contributed by atoms with van der Waals surface area (Å²) in [5.41, 5.74) is 1.06. The van der Waals surface area contributed by atoms with E-state index in [0.717, 1.165) is 23.6 Å². The summed E-state index contributed by atoms with van der Waals surface area (Å²) in [5, 5.41) is 18.0. The Labute approximate surface area is 235 Å². The molecule has 0 spiro atoms. The minimum atomic E-state index is -0.979. The topological polar surface area (TPSA) is 108 Å². The molecule has 3 aromatic carbocycles. The van der Waals surface area contributed by atoms with E-state index in [2.05, 4.69) is 10.6 Å². The Morgan fingerprint density at radius 1 is 0.975 bits per heavy atom. The molecule has 0 heterocycles. The van der Waals surface area contributed by atoms with Crippen LogP contribution in [0.15, 0.2) is 60.7 Å². The first-order valence-corrected chi connectivity index (χ1v) is 13.7. The van der Waals surface area contributed by atoms with Gasteiger partial charge >= 0.3 is 6.09 Å². The number of carbonyl (C=O) groups excluding carboxylic acids is 3. The van der Waals surface area contributed by atoms with Crippen molar-refractivity contribution in [3.05, 3.63) is 71.8 Å². The molecule has 2 atom stereocenters. The van der Waals surface area contributed by atoms with Crippen molar-refractivity contribution in [3.8, 4) is 5.75 Å². The van der Waals surface area contributed by atoms with Gasteiger partial charge in [0, 0.05) is 11.7 Å². The molecule has 8 nitrogen and oxygen atoms in total. The van der Waals surface area contributed by atoms with E-state index in [1.54, 1.807) is 44.7 Å². The normalized spacial score (nSPS) is 14.9. The highest BCUT2D eigenvalue weighted by Crippen LogP contribution is 2.37. The van der Waals surface area contributed by atoms with E-state index in [1.807, 2.05) is 56.3 Å². The zero-order valence-electron chi connectivity index (χ0n) is 24.0. The summed E-state index contributed by atoms with van der Waals surface area (Å²) in [6.07, 6.45) is 0.813. The van der Waals surface area contributed by atoms with E-state index in [1.165, 1.54) is 6.07 Å². The van der Waals surface area contributed by atoms with Crippen molar-refractivity contribution >= 4 is 34.4 Å². The quantitative estimate of drug-likeness (QED) is 0.318. The number of fused-ring (bicyclic) bond motifs is 1. The number of amides is 3. The van der Waals surface area contributed by atoms with Crippen molar-refractivity contribution in [2.45, 2.75) is 78.1 Å². The number of ether oxygens (including phenoxy) is 1. The number of alkyl carbamates (subject to hydrolysis) is 1. The second-order valence-corrected chi connectivity index (χ2v) is 11.8. The molecule has 3 aromatic rings. The highest BCUT2D eigenvalue weighted by Gasteiger charge is 2.44. The molecule has 1 aliphatic carbocycles. The van der Waals surface area contributed by atoms with Gasteiger partial charge in [0.1, 0.15) is 23.4 Å². The first-order chi connectivity index (χ1) is 18.8. The Kier molecular flexibility index (Phi) is 8.37. The number of carbonyl (C=O) groups is 3. The van der Waals surface area contributed by atoms with Gasteiger partial charge in [-0.05, 0) is 92.6 Å². The summed E-state index contributed by atoms with van der Waals surface area (Å²) in [5.74, 6) is -0.881. The Bertz CT molecular complexity index is 1410. The molecule has 1 aliphatic rings. The third kappa shape index (κ3) is 6.92. The minimum absolute atomic E-state index is 0.105. The van der Waals surface area contributed by atoms with Crippen molar-refractivity contribution in [2.24, 2.45) is 5.92 Å². The van der Waals surface area contributed by atoms with Crippen LogP contribution in [0.5, 0.6) is 5.75 Å². The third-order valence-corrected chi connectivity index (χ3v) is 6.88. The Morgan fingerprint density at radius 3 is 2.25 bits per heavy atom. The summed E-state index contributed by atoms with van der Waals surface area (Å²) < 4.78 is 5.43. The smallest absolute Gasteiger partial charge is 0.408 e. The number of hydrogen-bond acceptors (Lipinski definition) is 5. The Balaban J connectivity index is 1.71. The summed E-state index contributed by atoms with van der Waals surface area (Å²) in [4.78, 5) is 42.5. The molecule has 3 N–H and O–H groups in total. The lowest BCUT2D eigenvalue weighted by atomic mass is 9.97. The zero-order valence-corrected chi connectivity index (χ0v) is 24.0. The standard InChI is InChI=1S/C32H39N3O5/c1-19(2)27(34-31(39)40-32(4,5)6)30(38)35(25-14-15-25)28(23-12-16-26(36)20(3)17-23)29(37)33-24-13-11-21-9-7-8-10-22(21)18-24/h7-13,16-19,25,27-28,36H,14-15H2,1-6H3,(H,33,37)(H,34,39).